The average Bonchev–Trinajstić information content (AvgIpc) is 3.26. The molecule has 2 aromatic carbocycles. The standard InChI is InChI=1S/C22H20N4O5S2/c1-14-4-6-15(7-5-14)13-31-18-9-8-16(11-19(18)30-2)10-17(12-23)20(27)24-21-25-26-22(32-21)33(3,28)29/h4-11H,13H2,1-3H3,(H,24,25,27)/b17-10-. The fourth-order valence-corrected chi connectivity index (χ4v) is 4.13. The lowest BCUT2D eigenvalue weighted by molar-refractivity contribution is -0.112. The lowest BCUT2D eigenvalue weighted by atomic mass is 10.1. The van der Waals surface area contributed by atoms with Gasteiger partial charge in [-0.15, -0.1) is 10.2 Å². The topological polar surface area (TPSA) is 131 Å². The third-order valence-corrected chi connectivity index (χ3v) is 6.83. The number of carbonyl (C=O) groups is 1. The van der Waals surface area contributed by atoms with Crippen molar-refractivity contribution < 1.29 is 22.7 Å². The minimum atomic E-state index is -3.54. The van der Waals surface area contributed by atoms with Crippen LogP contribution in [-0.2, 0) is 21.2 Å². The van der Waals surface area contributed by atoms with Crippen LogP contribution >= 0.6 is 11.3 Å². The van der Waals surface area contributed by atoms with E-state index < -0.39 is 15.7 Å². The molecule has 0 aliphatic rings. The Hall–Kier alpha value is -3.75. The van der Waals surface area contributed by atoms with Gasteiger partial charge in [-0.1, -0.05) is 47.2 Å². The van der Waals surface area contributed by atoms with Crippen molar-refractivity contribution in [3.05, 3.63) is 64.7 Å². The highest BCUT2D eigenvalue weighted by Gasteiger charge is 2.17. The SMILES string of the molecule is COc1cc(/C=C(/C#N)C(=O)Nc2nnc(S(C)(=O)=O)s2)ccc1OCc1ccc(C)cc1. The van der Waals surface area contributed by atoms with E-state index in [1.807, 2.05) is 37.3 Å². The van der Waals surface area contributed by atoms with Crippen molar-refractivity contribution in [2.45, 2.75) is 17.9 Å². The molecule has 9 nitrogen and oxygen atoms in total. The van der Waals surface area contributed by atoms with Crippen LogP contribution in [0.3, 0.4) is 0 Å². The van der Waals surface area contributed by atoms with Crippen LogP contribution in [0.25, 0.3) is 6.08 Å². The second kappa shape index (κ2) is 10.2. The number of nitrogens with one attached hydrogen (secondary N) is 1. The molecule has 0 atom stereocenters. The molecule has 0 unspecified atom stereocenters. The zero-order valence-electron chi connectivity index (χ0n) is 18.0. The minimum Gasteiger partial charge on any atom is -0.493 e. The number of anilines is 1. The fourth-order valence-electron chi connectivity index (χ4n) is 2.63. The summed E-state index contributed by atoms with van der Waals surface area (Å²) in [6.45, 7) is 2.37. The molecule has 0 fully saturated rings. The number of benzene rings is 2. The van der Waals surface area contributed by atoms with Crippen LogP contribution in [0.2, 0.25) is 0 Å². The van der Waals surface area contributed by atoms with Crippen molar-refractivity contribution in [1.82, 2.24) is 10.2 Å². The first kappa shape index (κ1) is 23.9. The van der Waals surface area contributed by atoms with E-state index in [0.717, 1.165) is 17.4 Å². The molecule has 0 radical (unpaired) electrons. The van der Waals surface area contributed by atoms with Crippen LogP contribution in [0.5, 0.6) is 11.5 Å². The van der Waals surface area contributed by atoms with Crippen LogP contribution in [-0.4, -0.2) is 37.9 Å². The number of aromatic nitrogens is 2. The van der Waals surface area contributed by atoms with Crippen LogP contribution in [0.15, 0.2) is 52.4 Å². The zero-order valence-corrected chi connectivity index (χ0v) is 19.7. The van der Waals surface area contributed by atoms with E-state index in [0.29, 0.717) is 35.0 Å². The number of amides is 1. The first-order valence-corrected chi connectivity index (χ1v) is 12.2. The number of ether oxygens (including phenoxy) is 2. The van der Waals surface area contributed by atoms with Crippen molar-refractivity contribution in [2.24, 2.45) is 0 Å². The summed E-state index contributed by atoms with van der Waals surface area (Å²) in [5.41, 5.74) is 2.49. The van der Waals surface area contributed by atoms with Gasteiger partial charge in [0, 0.05) is 6.26 Å². The van der Waals surface area contributed by atoms with Gasteiger partial charge in [-0.25, -0.2) is 8.42 Å². The molecule has 1 N–H and O–H groups in total. The minimum absolute atomic E-state index is 0.0287. The molecule has 1 aromatic heterocycles. The van der Waals surface area contributed by atoms with Crippen molar-refractivity contribution in [3.8, 4) is 17.6 Å². The van der Waals surface area contributed by atoms with Crippen molar-refractivity contribution >= 4 is 38.3 Å². The van der Waals surface area contributed by atoms with Gasteiger partial charge in [0.1, 0.15) is 18.2 Å². The van der Waals surface area contributed by atoms with Gasteiger partial charge < -0.3 is 9.47 Å². The zero-order chi connectivity index (χ0) is 24.0. The van der Waals surface area contributed by atoms with E-state index in [9.17, 15) is 18.5 Å². The number of hydrogen-bond donors (Lipinski definition) is 1. The van der Waals surface area contributed by atoms with Gasteiger partial charge in [0.25, 0.3) is 5.91 Å². The lowest BCUT2D eigenvalue weighted by Gasteiger charge is -2.12. The predicted octanol–water partition coefficient (Wildman–Crippen LogP) is 3.38. The van der Waals surface area contributed by atoms with E-state index in [-0.39, 0.29) is 15.0 Å². The van der Waals surface area contributed by atoms with E-state index in [1.165, 1.54) is 13.2 Å². The van der Waals surface area contributed by atoms with Crippen LogP contribution < -0.4 is 14.8 Å². The lowest BCUT2D eigenvalue weighted by Crippen LogP contribution is -2.13. The number of nitriles is 1. The third kappa shape index (κ3) is 6.38. The molecule has 0 aliphatic heterocycles. The van der Waals surface area contributed by atoms with E-state index in [2.05, 4.69) is 15.5 Å². The summed E-state index contributed by atoms with van der Waals surface area (Å²) < 4.78 is 34.0. The molecule has 3 aromatic rings. The molecule has 1 amide bonds. The van der Waals surface area contributed by atoms with Crippen LogP contribution in [0.4, 0.5) is 5.13 Å². The van der Waals surface area contributed by atoms with Gasteiger partial charge >= 0.3 is 0 Å². The summed E-state index contributed by atoms with van der Waals surface area (Å²) in [4.78, 5) is 12.4. The number of aryl methyl sites for hydroxylation is 1. The molecule has 0 spiro atoms. The molecular weight excluding hydrogens is 464 g/mol. The van der Waals surface area contributed by atoms with Crippen molar-refractivity contribution in [1.29, 1.82) is 5.26 Å². The van der Waals surface area contributed by atoms with Gasteiger partial charge in [0.15, 0.2) is 11.5 Å². The predicted molar refractivity (Wildman–Crippen MR) is 124 cm³/mol. The van der Waals surface area contributed by atoms with Crippen molar-refractivity contribution in [2.75, 3.05) is 18.7 Å². The van der Waals surface area contributed by atoms with Gasteiger partial charge in [-0.2, -0.15) is 5.26 Å². The number of nitrogens with zero attached hydrogens (tertiary/aromatic N) is 3. The normalized spacial score (nSPS) is 11.5. The van der Waals surface area contributed by atoms with Gasteiger partial charge in [-0.05, 0) is 36.3 Å². The smallest absolute Gasteiger partial charge is 0.268 e. The Kier molecular flexibility index (Phi) is 7.42. The molecule has 0 saturated carbocycles. The molecule has 0 aliphatic carbocycles. The third-order valence-electron chi connectivity index (χ3n) is 4.32. The fraction of sp³-hybridized carbons (Fsp3) is 0.182. The van der Waals surface area contributed by atoms with Crippen LogP contribution in [0.1, 0.15) is 16.7 Å². The molecule has 0 saturated heterocycles. The maximum Gasteiger partial charge on any atom is 0.268 e. The molecular formula is C22H20N4O5S2. The largest absolute Gasteiger partial charge is 0.493 e. The summed E-state index contributed by atoms with van der Waals surface area (Å²) in [5, 5.41) is 18.9. The van der Waals surface area contributed by atoms with Crippen molar-refractivity contribution in [3.63, 3.8) is 0 Å². The first-order valence-electron chi connectivity index (χ1n) is 9.52. The Morgan fingerprint density at radius 3 is 2.52 bits per heavy atom. The van der Waals surface area contributed by atoms with E-state index in [4.69, 9.17) is 9.47 Å². The number of rotatable bonds is 8. The Labute approximate surface area is 195 Å². The molecule has 1 heterocycles. The summed E-state index contributed by atoms with van der Waals surface area (Å²) in [6, 6.07) is 14.8. The molecule has 33 heavy (non-hydrogen) atoms. The number of methoxy groups -OCH3 is 1. The molecule has 0 bridgehead atoms. The quantitative estimate of drug-likeness (QED) is 0.292. The summed E-state index contributed by atoms with van der Waals surface area (Å²) in [5.74, 6) is 0.211. The Morgan fingerprint density at radius 2 is 1.91 bits per heavy atom. The van der Waals surface area contributed by atoms with Crippen LogP contribution in [0, 0.1) is 18.3 Å². The molecule has 11 heteroatoms. The maximum absolute atomic E-state index is 12.4. The Balaban J connectivity index is 1.74. The summed E-state index contributed by atoms with van der Waals surface area (Å²) in [6.07, 6.45) is 2.36. The highest BCUT2D eigenvalue weighted by molar-refractivity contribution is 7.92. The number of sulfone groups is 1. The maximum atomic E-state index is 12.4. The highest BCUT2D eigenvalue weighted by Crippen LogP contribution is 2.30. The van der Waals surface area contributed by atoms with Gasteiger partial charge in [0.05, 0.1) is 7.11 Å². The first-order chi connectivity index (χ1) is 15.7. The summed E-state index contributed by atoms with van der Waals surface area (Å²) >= 11 is 0.699. The van der Waals surface area contributed by atoms with Gasteiger partial charge in [-0.3, -0.25) is 10.1 Å². The summed E-state index contributed by atoms with van der Waals surface area (Å²) in [7, 11) is -2.05. The molecule has 170 valence electrons. The van der Waals surface area contributed by atoms with E-state index >= 15 is 0 Å². The Morgan fingerprint density at radius 1 is 1.18 bits per heavy atom. The van der Waals surface area contributed by atoms with Gasteiger partial charge in [0.2, 0.25) is 19.3 Å². The Bertz CT molecular complexity index is 1340. The second-order valence-electron chi connectivity index (χ2n) is 6.95. The van der Waals surface area contributed by atoms with E-state index in [1.54, 1.807) is 18.2 Å². The monoisotopic (exact) mass is 484 g/mol. The molecule has 3 rings (SSSR count). The average molecular weight is 485 g/mol. The number of carbonyl (C=O) groups excluding carboxylic acids is 1. The number of hydrogen-bond acceptors (Lipinski definition) is 9. The second-order valence-corrected chi connectivity index (χ2v) is 10.1. The highest BCUT2D eigenvalue weighted by atomic mass is 32.2.